The molecule has 1 heterocycles. The van der Waals surface area contributed by atoms with Crippen LogP contribution in [0.3, 0.4) is 0 Å². The van der Waals surface area contributed by atoms with Crippen molar-refractivity contribution in [3.8, 4) is 0 Å². The summed E-state index contributed by atoms with van der Waals surface area (Å²) < 4.78 is 10.5. The largest absolute Gasteiger partial charge is 0.317 e. The topological polar surface area (TPSA) is 15.7 Å². The van der Waals surface area contributed by atoms with Gasteiger partial charge in [0.25, 0.3) is 0 Å². The minimum atomic E-state index is -2.01. The van der Waals surface area contributed by atoms with Gasteiger partial charge in [-0.2, -0.15) is 0 Å². The first kappa shape index (κ1) is 13.2. The molecule has 0 radical (unpaired) electrons. The number of benzene rings is 1. The van der Waals surface area contributed by atoms with Crippen LogP contribution in [0.4, 0.5) is 0 Å². The maximum atomic E-state index is 6.20. The van der Waals surface area contributed by atoms with Gasteiger partial charge >= 0.3 is 0 Å². The van der Waals surface area contributed by atoms with Gasteiger partial charge in [-0.15, -0.1) is 0 Å². The zero-order valence-electron chi connectivity index (χ0n) is 10.7. The molecule has 0 amide bonds. The zero-order valence-corrected chi connectivity index (χ0v) is 12.4. The van der Waals surface area contributed by atoms with Crippen LogP contribution in [-0.2, 0) is 16.3 Å². The van der Waals surface area contributed by atoms with Crippen molar-refractivity contribution in [2.75, 3.05) is 21.1 Å². The second-order valence-corrected chi connectivity index (χ2v) is 8.64. The van der Waals surface area contributed by atoms with E-state index in [9.17, 15) is 0 Å². The molecule has 3 nitrogen and oxygen atoms in total. The molecular weight excluding hydrogens is 251 g/mol. The van der Waals surface area contributed by atoms with Gasteiger partial charge < -0.3 is 4.52 Å². The van der Waals surface area contributed by atoms with Crippen molar-refractivity contribution < 1.29 is 4.52 Å². The minimum absolute atomic E-state index is 0.0782. The molecular formula is C12H19N2OPS. The van der Waals surface area contributed by atoms with E-state index < -0.39 is 6.57 Å². The maximum absolute atomic E-state index is 6.20. The Morgan fingerprint density at radius 1 is 1.29 bits per heavy atom. The van der Waals surface area contributed by atoms with Crippen LogP contribution in [0.15, 0.2) is 30.3 Å². The SMILES string of the molecule is C[C@@H]1[C@H](c2ccccc2)OP(=S)(N(C)C)N1C. The summed E-state index contributed by atoms with van der Waals surface area (Å²) in [6, 6.07) is 10.6. The number of likely N-dealkylation sites (N-methyl/N-ethyl adjacent to an activating group) is 1. The van der Waals surface area contributed by atoms with E-state index in [1.54, 1.807) is 0 Å². The van der Waals surface area contributed by atoms with Crippen LogP contribution >= 0.6 is 6.57 Å². The second-order valence-electron chi connectivity index (χ2n) is 4.59. The molecule has 1 unspecified atom stereocenters. The first-order valence-corrected chi connectivity index (χ1v) is 8.34. The Morgan fingerprint density at radius 2 is 1.88 bits per heavy atom. The van der Waals surface area contributed by atoms with Crippen molar-refractivity contribution in [2.45, 2.75) is 19.1 Å². The molecule has 0 spiro atoms. The molecule has 0 aromatic heterocycles. The molecule has 2 rings (SSSR count). The quantitative estimate of drug-likeness (QED) is 0.768. The third kappa shape index (κ3) is 2.20. The van der Waals surface area contributed by atoms with Crippen molar-refractivity contribution in [3.05, 3.63) is 35.9 Å². The Bertz CT molecular complexity index is 437. The van der Waals surface area contributed by atoms with Gasteiger partial charge in [-0.25, -0.2) is 9.34 Å². The van der Waals surface area contributed by atoms with Crippen molar-refractivity contribution in [2.24, 2.45) is 0 Å². The molecule has 3 atom stereocenters. The molecule has 0 aliphatic carbocycles. The predicted octanol–water partition coefficient (Wildman–Crippen LogP) is 2.86. The highest BCUT2D eigenvalue weighted by molar-refractivity contribution is 8.10. The lowest BCUT2D eigenvalue weighted by Gasteiger charge is -2.29. The van der Waals surface area contributed by atoms with E-state index in [-0.39, 0.29) is 6.10 Å². The van der Waals surface area contributed by atoms with Crippen molar-refractivity contribution in [3.63, 3.8) is 0 Å². The van der Waals surface area contributed by atoms with Crippen LogP contribution in [0, 0.1) is 0 Å². The Labute approximate surface area is 109 Å². The molecule has 0 saturated carbocycles. The lowest BCUT2D eigenvalue weighted by Crippen LogP contribution is -2.26. The van der Waals surface area contributed by atoms with Gasteiger partial charge in [-0.1, -0.05) is 30.3 Å². The first-order chi connectivity index (χ1) is 7.97. The van der Waals surface area contributed by atoms with Gasteiger partial charge in [-0.3, -0.25) is 0 Å². The molecule has 0 N–H and O–H groups in total. The third-order valence-corrected chi connectivity index (χ3v) is 8.00. The molecule has 1 saturated heterocycles. The lowest BCUT2D eigenvalue weighted by atomic mass is 10.0. The Morgan fingerprint density at radius 3 is 2.35 bits per heavy atom. The standard InChI is InChI=1S/C12H19N2OPS/c1-10-12(11-8-6-5-7-9-11)15-16(17,13(2)3)14(10)4/h5-10,12H,1-4H3/t10-,12-,16?/m1/s1. The second kappa shape index (κ2) is 4.79. The van der Waals surface area contributed by atoms with Crippen LogP contribution in [0.25, 0.3) is 0 Å². The van der Waals surface area contributed by atoms with Gasteiger partial charge in [0.2, 0.25) is 6.57 Å². The molecule has 1 aromatic carbocycles. The molecule has 1 aromatic rings. The number of nitrogens with zero attached hydrogens (tertiary/aromatic N) is 2. The summed E-state index contributed by atoms with van der Waals surface area (Å²) in [5.74, 6) is 0. The highest BCUT2D eigenvalue weighted by Gasteiger charge is 2.44. The smallest absolute Gasteiger partial charge is 0.203 e. The van der Waals surface area contributed by atoms with E-state index in [1.165, 1.54) is 5.56 Å². The highest BCUT2D eigenvalue weighted by Crippen LogP contribution is 2.63. The monoisotopic (exact) mass is 270 g/mol. The van der Waals surface area contributed by atoms with E-state index in [2.05, 4.69) is 30.8 Å². The summed E-state index contributed by atoms with van der Waals surface area (Å²) in [6.45, 7) is 0.165. The average molecular weight is 270 g/mol. The fourth-order valence-corrected chi connectivity index (χ4v) is 4.90. The van der Waals surface area contributed by atoms with Crippen LogP contribution in [-0.4, -0.2) is 36.5 Å². The van der Waals surface area contributed by atoms with Gasteiger partial charge in [0, 0.05) is 6.04 Å². The fourth-order valence-electron chi connectivity index (χ4n) is 2.10. The van der Waals surface area contributed by atoms with Crippen LogP contribution < -0.4 is 0 Å². The highest BCUT2D eigenvalue weighted by atomic mass is 32.5. The summed E-state index contributed by atoms with van der Waals surface area (Å²) in [7, 11) is 6.06. The number of hydrogen-bond donors (Lipinski definition) is 0. The molecule has 17 heavy (non-hydrogen) atoms. The third-order valence-electron chi connectivity index (χ3n) is 3.31. The normalized spacial score (nSPS) is 34.4. The van der Waals surface area contributed by atoms with Gasteiger partial charge in [0.1, 0.15) is 6.10 Å². The summed E-state index contributed by atoms with van der Waals surface area (Å²) in [5.41, 5.74) is 1.21. The summed E-state index contributed by atoms with van der Waals surface area (Å²) in [5, 5.41) is 0. The molecule has 0 bridgehead atoms. The Hall–Kier alpha value is -0.250. The van der Waals surface area contributed by atoms with Crippen LogP contribution in [0.1, 0.15) is 18.6 Å². The number of hydrogen-bond acceptors (Lipinski definition) is 2. The molecule has 1 aliphatic rings. The fraction of sp³-hybridized carbons (Fsp3) is 0.500. The average Bonchev–Trinajstić information content (AvgIpc) is 2.56. The summed E-state index contributed by atoms with van der Waals surface area (Å²) in [4.78, 5) is 0. The molecule has 5 heteroatoms. The van der Waals surface area contributed by atoms with E-state index in [0.29, 0.717) is 6.04 Å². The summed E-state index contributed by atoms with van der Waals surface area (Å²) in [6.07, 6.45) is 0.0782. The zero-order chi connectivity index (χ0) is 12.6. The van der Waals surface area contributed by atoms with Crippen LogP contribution in [0.5, 0.6) is 0 Å². The molecule has 1 aliphatic heterocycles. The minimum Gasteiger partial charge on any atom is -0.317 e. The van der Waals surface area contributed by atoms with Gasteiger partial charge in [0.05, 0.1) is 0 Å². The first-order valence-electron chi connectivity index (χ1n) is 5.71. The Kier molecular flexibility index (Phi) is 3.71. The van der Waals surface area contributed by atoms with Gasteiger partial charge in [0.15, 0.2) is 0 Å². The molecule has 94 valence electrons. The van der Waals surface area contributed by atoms with E-state index in [4.69, 9.17) is 16.3 Å². The van der Waals surface area contributed by atoms with Crippen molar-refractivity contribution in [1.29, 1.82) is 0 Å². The van der Waals surface area contributed by atoms with E-state index in [0.717, 1.165) is 0 Å². The van der Waals surface area contributed by atoms with Crippen molar-refractivity contribution in [1.82, 2.24) is 9.34 Å². The molecule has 1 fully saturated rings. The van der Waals surface area contributed by atoms with Crippen molar-refractivity contribution >= 4 is 18.4 Å². The Balaban J connectivity index is 2.32. The van der Waals surface area contributed by atoms with E-state index >= 15 is 0 Å². The van der Waals surface area contributed by atoms with Gasteiger partial charge in [-0.05, 0) is 45.4 Å². The van der Waals surface area contributed by atoms with Crippen LogP contribution in [0.2, 0.25) is 0 Å². The lowest BCUT2D eigenvalue weighted by molar-refractivity contribution is 0.212. The summed E-state index contributed by atoms with van der Waals surface area (Å²) >= 11 is 5.71. The maximum Gasteiger partial charge on any atom is 0.203 e. The van der Waals surface area contributed by atoms with E-state index in [1.807, 2.05) is 37.0 Å². The number of rotatable bonds is 2. The predicted molar refractivity (Wildman–Crippen MR) is 75.5 cm³/mol.